The Kier molecular flexibility index (Phi) is 4.17. The second-order valence-corrected chi connectivity index (χ2v) is 7.05. The highest BCUT2D eigenvalue weighted by molar-refractivity contribution is 7.91. The lowest BCUT2D eigenvalue weighted by atomic mass is 10.1. The van der Waals surface area contributed by atoms with Crippen molar-refractivity contribution in [1.29, 1.82) is 5.26 Å². The molecular formula is C13H15FN2O2S. The zero-order valence-corrected chi connectivity index (χ0v) is 11.3. The van der Waals surface area contributed by atoms with Gasteiger partial charge in [0.2, 0.25) is 0 Å². The SMILES string of the molecule is N#Cc1cc(F)cc(CN2CCCS(=O)(=O)CC2)c1. The first kappa shape index (κ1) is 14.0. The van der Waals surface area contributed by atoms with Crippen LogP contribution < -0.4 is 0 Å². The number of halogens is 1. The van der Waals surface area contributed by atoms with Crippen molar-refractivity contribution in [3.63, 3.8) is 0 Å². The molecule has 0 unspecified atom stereocenters. The summed E-state index contributed by atoms with van der Waals surface area (Å²) in [5.41, 5.74) is 0.994. The number of rotatable bonds is 2. The number of nitrogens with zero attached hydrogens (tertiary/aromatic N) is 2. The van der Waals surface area contributed by atoms with E-state index in [4.69, 9.17) is 5.26 Å². The fourth-order valence-electron chi connectivity index (χ4n) is 2.21. The van der Waals surface area contributed by atoms with E-state index >= 15 is 0 Å². The largest absolute Gasteiger partial charge is 0.298 e. The first-order chi connectivity index (χ1) is 8.98. The number of sulfone groups is 1. The monoisotopic (exact) mass is 282 g/mol. The van der Waals surface area contributed by atoms with Gasteiger partial charge in [-0.25, -0.2) is 12.8 Å². The van der Waals surface area contributed by atoms with Gasteiger partial charge in [-0.1, -0.05) is 0 Å². The molecule has 1 saturated heterocycles. The summed E-state index contributed by atoms with van der Waals surface area (Å²) in [5, 5.41) is 8.80. The molecule has 1 fully saturated rings. The lowest BCUT2D eigenvalue weighted by molar-refractivity contribution is 0.287. The summed E-state index contributed by atoms with van der Waals surface area (Å²) < 4.78 is 36.3. The van der Waals surface area contributed by atoms with Gasteiger partial charge >= 0.3 is 0 Å². The van der Waals surface area contributed by atoms with Gasteiger partial charge in [0.15, 0.2) is 9.84 Å². The Morgan fingerprint density at radius 2 is 2.05 bits per heavy atom. The Morgan fingerprint density at radius 3 is 2.79 bits per heavy atom. The Labute approximate surface area is 112 Å². The molecule has 102 valence electrons. The Hall–Kier alpha value is -1.45. The molecule has 0 amide bonds. The van der Waals surface area contributed by atoms with Crippen LogP contribution in [0.1, 0.15) is 17.5 Å². The van der Waals surface area contributed by atoms with Crippen LogP contribution in [-0.4, -0.2) is 37.9 Å². The van der Waals surface area contributed by atoms with Crippen LogP contribution in [0.4, 0.5) is 4.39 Å². The molecule has 4 nitrogen and oxygen atoms in total. The van der Waals surface area contributed by atoms with Gasteiger partial charge in [-0.3, -0.25) is 4.90 Å². The highest BCUT2D eigenvalue weighted by Gasteiger charge is 2.19. The van der Waals surface area contributed by atoms with Gasteiger partial charge in [0, 0.05) is 13.1 Å². The van der Waals surface area contributed by atoms with E-state index in [2.05, 4.69) is 0 Å². The molecule has 2 rings (SSSR count). The van der Waals surface area contributed by atoms with Gasteiger partial charge in [0.05, 0.1) is 23.1 Å². The van der Waals surface area contributed by atoms with E-state index in [9.17, 15) is 12.8 Å². The van der Waals surface area contributed by atoms with Crippen molar-refractivity contribution in [3.8, 4) is 6.07 Å². The molecule has 0 aromatic heterocycles. The second kappa shape index (κ2) is 5.68. The van der Waals surface area contributed by atoms with Crippen molar-refractivity contribution in [2.75, 3.05) is 24.6 Å². The molecule has 0 radical (unpaired) electrons. The first-order valence-corrected chi connectivity index (χ1v) is 7.93. The maximum Gasteiger partial charge on any atom is 0.151 e. The van der Waals surface area contributed by atoms with Crippen LogP contribution in [0, 0.1) is 17.1 Å². The van der Waals surface area contributed by atoms with Crippen molar-refractivity contribution in [2.24, 2.45) is 0 Å². The summed E-state index contributed by atoms with van der Waals surface area (Å²) in [7, 11) is -2.93. The third-order valence-electron chi connectivity index (χ3n) is 3.14. The third kappa shape index (κ3) is 4.01. The molecule has 0 bridgehead atoms. The summed E-state index contributed by atoms with van der Waals surface area (Å²) in [6, 6.07) is 6.14. The fourth-order valence-corrected chi connectivity index (χ4v) is 3.52. The molecule has 0 atom stereocenters. The van der Waals surface area contributed by atoms with Crippen molar-refractivity contribution in [2.45, 2.75) is 13.0 Å². The molecular weight excluding hydrogens is 267 g/mol. The minimum absolute atomic E-state index is 0.146. The van der Waals surface area contributed by atoms with Gasteiger partial charge in [0.25, 0.3) is 0 Å². The van der Waals surface area contributed by atoms with Crippen molar-refractivity contribution in [3.05, 3.63) is 35.1 Å². The van der Waals surface area contributed by atoms with E-state index in [0.29, 0.717) is 31.6 Å². The molecule has 6 heteroatoms. The topological polar surface area (TPSA) is 61.2 Å². The normalized spacial score (nSPS) is 19.6. The summed E-state index contributed by atoms with van der Waals surface area (Å²) in [4.78, 5) is 1.99. The van der Waals surface area contributed by atoms with E-state index in [0.717, 1.165) is 0 Å². The summed E-state index contributed by atoms with van der Waals surface area (Å²) in [6.07, 6.45) is 0.600. The van der Waals surface area contributed by atoms with Crippen LogP contribution in [0.3, 0.4) is 0 Å². The molecule has 0 saturated carbocycles. The molecule has 1 aliphatic heterocycles. The summed E-state index contributed by atoms with van der Waals surface area (Å²) >= 11 is 0. The second-order valence-electron chi connectivity index (χ2n) is 4.74. The molecule has 19 heavy (non-hydrogen) atoms. The average molecular weight is 282 g/mol. The first-order valence-electron chi connectivity index (χ1n) is 6.11. The predicted octanol–water partition coefficient (Wildman–Crippen LogP) is 1.32. The highest BCUT2D eigenvalue weighted by Crippen LogP contribution is 2.13. The summed E-state index contributed by atoms with van der Waals surface area (Å²) in [5.74, 6) is -0.0692. The smallest absolute Gasteiger partial charge is 0.151 e. The van der Waals surface area contributed by atoms with Gasteiger partial charge in [-0.15, -0.1) is 0 Å². The van der Waals surface area contributed by atoms with Crippen LogP contribution in [0.5, 0.6) is 0 Å². The molecule has 1 aromatic rings. The molecule has 1 aliphatic rings. The van der Waals surface area contributed by atoms with Crippen molar-refractivity contribution in [1.82, 2.24) is 4.90 Å². The standard InChI is InChI=1S/C13H15FN2O2S/c14-13-7-11(9-15)6-12(8-13)10-16-2-1-4-19(17,18)5-3-16/h6-8H,1-5,10H2. The van der Waals surface area contributed by atoms with Gasteiger partial charge in [-0.2, -0.15) is 5.26 Å². The predicted molar refractivity (Wildman–Crippen MR) is 69.7 cm³/mol. The Bertz CT molecular complexity index is 608. The van der Waals surface area contributed by atoms with E-state index < -0.39 is 15.7 Å². The van der Waals surface area contributed by atoms with Crippen LogP contribution in [0.25, 0.3) is 0 Å². The maximum atomic E-state index is 13.3. The lowest BCUT2D eigenvalue weighted by Crippen LogP contribution is -2.26. The van der Waals surface area contributed by atoms with E-state index in [1.54, 1.807) is 6.07 Å². The zero-order chi connectivity index (χ0) is 13.9. The number of hydrogen-bond donors (Lipinski definition) is 0. The van der Waals surface area contributed by atoms with Crippen LogP contribution in [0.15, 0.2) is 18.2 Å². The van der Waals surface area contributed by atoms with Crippen LogP contribution in [-0.2, 0) is 16.4 Å². The van der Waals surface area contributed by atoms with Crippen molar-refractivity contribution < 1.29 is 12.8 Å². The van der Waals surface area contributed by atoms with E-state index in [1.165, 1.54) is 12.1 Å². The minimum atomic E-state index is -2.93. The molecule has 1 aromatic carbocycles. The van der Waals surface area contributed by atoms with E-state index in [-0.39, 0.29) is 17.1 Å². The number of hydrogen-bond acceptors (Lipinski definition) is 4. The highest BCUT2D eigenvalue weighted by atomic mass is 32.2. The van der Waals surface area contributed by atoms with Gasteiger partial charge in [0.1, 0.15) is 5.82 Å². The molecule has 0 aliphatic carbocycles. The molecule has 0 spiro atoms. The lowest BCUT2D eigenvalue weighted by Gasteiger charge is -2.19. The molecule has 0 N–H and O–H groups in total. The Morgan fingerprint density at radius 1 is 1.26 bits per heavy atom. The molecule has 1 heterocycles. The van der Waals surface area contributed by atoms with Gasteiger partial charge in [-0.05, 0) is 36.7 Å². The van der Waals surface area contributed by atoms with Crippen LogP contribution >= 0.6 is 0 Å². The van der Waals surface area contributed by atoms with E-state index in [1.807, 2.05) is 11.0 Å². The zero-order valence-electron chi connectivity index (χ0n) is 10.5. The minimum Gasteiger partial charge on any atom is -0.298 e. The number of nitriles is 1. The van der Waals surface area contributed by atoms with Gasteiger partial charge < -0.3 is 0 Å². The fraction of sp³-hybridized carbons (Fsp3) is 0.462. The van der Waals surface area contributed by atoms with Crippen LogP contribution in [0.2, 0.25) is 0 Å². The summed E-state index contributed by atoms with van der Waals surface area (Å²) in [6.45, 7) is 1.61. The van der Waals surface area contributed by atoms with Crippen molar-refractivity contribution >= 4 is 9.84 Å². The quantitative estimate of drug-likeness (QED) is 0.820. The maximum absolute atomic E-state index is 13.3. The number of benzene rings is 1. The Balaban J connectivity index is 2.09. The average Bonchev–Trinajstić information content (AvgIpc) is 2.50. The third-order valence-corrected chi connectivity index (χ3v) is 4.86.